The summed E-state index contributed by atoms with van der Waals surface area (Å²) in [6.07, 6.45) is -21.3. The molecule has 16 atom stereocenters. The van der Waals surface area contributed by atoms with Gasteiger partial charge in [0.1, 0.15) is 79.0 Å². The standard InChI is InChI=1S/C34H62N4O19/c1-16(41)17(7-5-6-10-35)37-38-22(43)9-4-2-3-8-21(42)36-11-12-52-33-30(51)31(57-34-29(50)27(48)24(45)19(14-40)55-34)25(46)20(56-33)15-53-32-28(49)26(47)23(44)18(13-39)54-32/h17-20,23-34,37,39-40,44-51H,2-15,35H2,1H3,(H,36,42)(H,38,43)/t17-,18+,19+,20+,23+,24+,25+,26-,27-,28-,29-,30-,31-,32-,33-,34+/m0/s1. The van der Waals surface area contributed by atoms with Crippen molar-refractivity contribution in [2.24, 2.45) is 5.73 Å². The Morgan fingerprint density at radius 2 is 1.21 bits per heavy atom. The van der Waals surface area contributed by atoms with Crippen LogP contribution in [0.3, 0.4) is 0 Å². The molecular weight excluding hydrogens is 768 g/mol. The fourth-order valence-corrected chi connectivity index (χ4v) is 6.37. The Balaban J connectivity index is 1.50. The number of hydrogen-bond donors (Lipinski definition) is 14. The third-order valence-electron chi connectivity index (χ3n) is 9.89. The van der Waals surface area contributed by atoms with Crippen LogP contribution in [0.4, 0.5) is 0 Å². The van der Waals surface area contributed by atoms with E-state index in [1.165, 1.54) is 6.92 Å². The van der Waals surface area contributed by atoms with Crippen LogP contribution in [0.25, 0.3) is 0 Å². The second-order valence-corrected chi connectivity index (χ2v) is 14.3. The van der Waals surface area contributed by atoms with Crippen molar-refractivity contribution in [2.45, 2.75) is 156 Å². The molecule has 2 amide bonds. The van der Waals surface area contributed by atoms with Crippen molar-refractivity contribution in [3.63, 3.8) is 0 Å². The summed E-state index contributed by atoms with van der Waals surface area (Å²) in [7, 11) is 0. The number of rotatable bonds is 24. The first-order valence-electron chi connectivity index (χ1n) is 19.2. The third kappa shape index (κ3) is 14.5. The van der Waals surface area contributed by atoms with Crippen LogP contribution < -0.4 is 21.9 Å². The highest BCUT2D eigenvalue weighted by molar-refractivity contribution is 5.82. The molecule has 0 spiro atoms. The average Bonchev–Trinajstić information content (AvgIpc) is 3.19. The van der Waals surface area contributed by atoms with E-state index < -0.39 is 118 Å². The van der Waals surface area contributed by atoms with E-state index in [1.807, 2.05) is 0 Å². The van der Waals surface area contributed by atoms with Crippen LogP contribution >= 0.6 is 0 Å². The van der Waals surface area contributed by atoms with Gasteiger partial charge >= 0.3 is 0 Å². The molecule has 3 aliphatic heterocycles. The number of aliphatic hydroxyl groups excluding tert-OH is 10. The van der Waals surface area contributed by atoms with E-state index in [-0.39, 0.29) is 43.6 Å². The molecule has 3 heterocycles. The number of aliphatic hydroxyl groups is 10. The highest BCUT2D eigenvalue weighted by Gasteiger charge is 2.52. The molecule has 57 heavy (non-hydrogen) atoms. The molecule has 0 aromatic heterocycles. The lowest BCUT2D eigenvalue weighted by molar-refractivity contribution is -0.366. The van der Waals surface area contributed by atoms with Crippen molar-refractivity contribution in [3.05, 3.63) is 0 Å². The largest absolute Gasteiger partial charge is 0.394 e. The molecule has 23 nitrogen and oxygen atoms in total. The molecule has 0 radical (unpaired) electrons. The monoisotopic (exact) mass is 830 g/mol. The first-order chi connectivity index (χ1) is 27.1. The van der Waals surface area contributed by atoms with Crippen LogP contribution in [0.1, 0.15) is 58.3 Å². The Labute approximate surface area is 329 Å². The number of unbranched alkanes of at least 4 members (excludes halogenated alkanes) is 3. The maximum atomic E-state index is 12.4. The number of carbonyl (C=O) groups excluding carboxylic acids is 3. The molecule has 3 aliphatic rings. The lowest BCUT2D eigenvalue weighted by atomic mass is 9.96. The van der Waals surface area contributed by atoms with E-state index in [4.69, 9.17) is 34.2 Å². The molecular formula is C34H62N4O19. The molecule has 0 saturated carbocycles. The first-order valence-corrected chi connectivity index (χ1v) is 19.2. The number of amides is 2. The van der Waals surface area contributed by atoms with E-state index in [0.717, 1.165) is 12.8 Å². The molecule has 0 unspecified atom stereocenters. The summed E-state index contributed by atoms with van der Waals surface area (Å²) in [4.78, 5) is 36.4. The number of ketones is 1. The van der Waals surface area contributed by atoms with Gasteiger partial charge in [0.05, 0.1) is 32.5 Å². The summed E-state index contributed by atoms with van der Waals surface area (Å²) in [6, 6.07) is -0.500. The smallest absolute Gasteiger partial charge is 0.234 e. The Morgan fingerprint density at radius 3 is 1.81 bits per heavy atom. The summed E-state index contributed by atoms with van der Waals surface area (Å²) >= 11 is 0. The Bertz CT molecular complexity index is 1210. The lowest BCUT2D eigenvalue weighted by Crippen LogP contribution is -2.65. The minimum Gasteiger partial charge on any atom is -0.394 e. The molecule has 3 saturated heterocycles. The normalized spacial score (nSPS) is 36.4. The summed E-state index contributed by atoms with van der Waals surface area (Å²) in [5.41, 5.74) is 10.8. The molecule has 15 N–H and O–H groups in total. The van der Waals surface area contributed by atoms with E-state index in [1.54, 1.807) is 0 Å². The van der Waals surface area contributed by atoms with Gasteiger partial charge in [-0.2, -0.15) is 0 Å². The maximum absolute atomic E-state index is 12.4. The highest BCUT2D eigenvalue weighted by atomic mass is 16.7. The molecule has 332 valence electrons. The van der Waals surface area contributed by atoms with Gasteiger partial charge in [-0.25, -0.2) is 5.43 Å². The minimum absolute atomic E-state index is 0.0606. The Hall–Kier alpha value is -2.11. The van der Waals surface area contributed by atoms with Gasteiger partial charge < -0.3 is 90.5 Å². The average molecular weight is 831 g/mol. The lowest BCUT2D eigenvalue weighted by Gasteiger charge is -2.46. The van der Waals surface area contributed by atoms with Crippen LogP contribution in [0.15, 0.2) is 0 Å². The quantitative estimate of drug-likeness (QED) is 0.0317. The predicted molar refractivity (Wildman–Crippen MR) is 190 cm³/mol. The SMILES string of the molecule is CC(=O)[C@H](CCCCN)NNC(=O)CCCCCC(=O)NCCO[C@H]1O[C@H](CO[C@H]2O[C@H](CO)[C@@H](O)[C@H](O)[C@@H]2O)[C@@H](O)[C@H](O[C@H]2O[C@H](CO)[C@@H](O)[C@H](O)[C@@H]2O)[C@@H]1O. The number of nitrogens with two attached hydrogens (primary N) is 1. The van der Waals surface area contributed by atoms with E-state index in [0.29, 0.717) is 32.2 Å². The van der Waals surface area contributed by atoms with Gasteiger partial charge in [-0.3, -0.25) is 19.8 Å². The minimum atomic E-state index is -1.90. The third-order valence-corrected chi connectivity index (χ3v) is 9.89. The Morgan fingerprint density at radius 1 is 0.649 bits per heavy atom. The summed E-state index contributed by atoms with van der Waals surface area (Å²) < 4.78 is 33.2. The van der Waals surface area contributed by atoms with Gasteiger partial charge in [0.15, 0.2) is 18.9 Å². The number of ether oxygens (including phenoxy) is 6. The van der Waals surface area contributed by atoms with Crippen LogP contribution in [-0.4, -0.2) is 206 Å². The van der Waals surface area contributed by atoms with Gasteiger partial charge in [0.25, 0.3) is 0 Å². The molecule has 3 rings (SSSR count). The second kappa shape index (κ2) is 24.8. The highest BCUT2D eigenvalue weighted by Crippen LogP contribution is 2.31. The van der Waals surface area contributed by atoms with Crippen molar-refractivity contribution in [3.8, 4) is 0 Å². The molecule has 0 aromatic rings. The predicted octanol–water partition coefficient (Wildman–Crippen LogP) is -6.77. The Kier molecular flexibility index (Phi) is 21.5. The zero-order valence-corrected chi connectivity index (χ0v) is 31.9. The number of hydrazine groups is 1. The number of carbonyl (C=O) groups is 3. The second-order valence-electron chi connectivity index (χ2n) is 14.3. The molecule has 0 aliphatic carbocycles. The fourth-order valence-electron chi connectivity index (χ4n) is 6.37. The van der Waals surface area contributed by atoms with Crippen molar-refractivity contribution in [1.29, 1.82) is 0 Å². The van der Waals surface area contributed by atoms with Gasteiger partial charge in [-0.1, -0.05) is 12.8 Å². The number of Topliss-reactive ketones (excluding diaryl/α,β-unsaturated/α-hetero) is 1. The van der Waals surface area contributed by atoms with Crippen molar-refractivity contribution >= 4 is 17.6 Å². The van der Waals surface area contributed by atoms with Gasteiger partial charge in [-0.15, -0.1) is 0 Å². The zero-order chi connectivity index (χ0) is 42.2. The van der Waals surface area contributed by atoms with Crippen LogP contribution in [0.5, 0.6) is 0 Å². The van der Waals surface area contributed by atoms with Gasteiger partial charge in [-0.05, 0) is 39.2 Å². The summed E-state index contributed by atoms with van der Waals surface area (Å²) in [6.45, 7) is -0.499. The fraction of sp³-hybridized carbons (Fsp3) is 0.912. The molecule has 3 fully saturated rings. The summed E-state index contributed by atoms with van der Waals surface area (Å²) in [5, 5.41) is 105. The molecule has 23 heteroatoms. The van der Waals surface area contributed by atoms with Crippen molar-refractivity contribution in [2.75, 3.05) is 39.5 Å². The summed E-state index contributed by atoms with van der Waals surface area (Å²) in [5.74, 6) is -0.717. The first kappa shape index (κ1) is 49.3. The van der Waals surface area contributed by atoms with E-state index >= 15 is 0 Å². The maximum Gasteiger partial charge on any atom is 0.234 e. The van der Waals surface area contributed by atoms with Gasteiger partial charge in [0.2, 0.25) is 11.8 Å². The van der Waals surface area contributed by atoms with Crippen molar-refractivity contribution < 1.29 is 93.9 Å². The van der Waals surface area contributed by atoms with Crippen molar-refractivity contribution in [1.82, 2.24) is 16.2 Å². The number of hydrogen-bond acceptors (Lipinski definition) is 21. The van der Waals surface area contributed by atoms with E-state index in [2.05, 4.69) is 16.2 Å². The van der Waals surface area contributed by atoms with E-state index in [9.17, 15) is 65.4 Å². The molecule has 0 aromatic carbocycles. The number of nitrogens with one attached hydrogen (secondary N) is 3. The van der Waals surface area contributed by atoms with Crippen LogP contribution in [0, 0.1) is 0 Å². The molecule has 0 bridgehead atoms. The van der Waals surface area contributed by atoms with Gasteiger partial charge in [0, 0.05) is 19.4 Å². The van der Waals surface area contributed by atoms with Crippen LogP contribution in [0.2, 0.25) is 0 Å². The van der Waals surface area contributed by atoms with Crippen LogP contribution in [-0.2, 0) is 42.8 Å². The zero-order valence-electron chi connectivity index (χ0n) is 31.9. The topological polar surface area (TPSA) is 371 Å².